The van der Waals surface area contributed by atoms with Gasteiger partial charge in [-0.1, -0.05) is 29.8 Å². The first-order valence-electron chi connectivity index (χ1n) is 11.2. The molecule has 0 spiro atoms. The Morgan fingerprint density at radius 2 is 2.03 bits per heavy atom. The molecule has 6 rings (SSSR count). The Hall–Kier alpha value is -4.05. The number of hydrogen-bond donors (Lipinski definition) is 2. The van der Waals surface area contributed by atoms with Crippen LogP contribution in [-0.4, -0.2) is 47.0 Å². The lowest BCUT2D eigenvalue weighted by Gasteiger charge is -2.33. The monoisotopic (exact) mass is 490 g/mol. The maximum absolute atomic E-state index is 15.2. The minimum absolute atomic E-state index is 0.0276. The summed E-state index contributed by atoms with van der Waals surface area (Å²) in [5, 5.41) is 11.1. The fourth-order valence-corrected chi connectivity index (χ4v) is 5.24. The van der Waals surface area contributed by atoms with Crippen molar-refractivity contribution in [3.05, 3.63) is 77.2 Å². The van der Waals surface area contributed by atoms with Gasteiger partial charge in [0.05, 0.1) is 22.4 Å². The zero-order valence-corrected chi connectivity index (χ0v) is 19.2. The summed E-state index contributed by atoms with van der Waals surface area (Å²) in [4.78, 5) is 23.2. The smallest absolute Gasteiger partial charge is 0.247 e. The summed E-state index contributed by atoms with van der Waals surface area (Å²) in [6.45, 7) is 0. The Kier molecular flexibility index (Phi) is 5.10. The number of para-hydroxylation sites is 1. The molecule has 0 bridgehead atoms. The van der Waals surface area contributed by atoms with Crippen LogP contribution in [0.3, 0.4) is 0 Å². The highest BCUT2D eigenvalue weighted by Gasteiger charge is 2.42. The number of tetrazole rings is 1. The van der Waals surface area contributed by atoms with Crippen LogP contribution in [0.15, 0.2) is 55.0 Å². The number of H-pyrrole nitrogens is 1. The summed E-state index contributed by atoms with van der Waals surface area (Å²) < 4.78 is 16.6. The third kappa shape index (κ3) is 3.57. The number of benzene rings is 2. The first-order chi connectivity index (χ1) is 17.0. The van der Waals surface area contributed by atoms with Crippen molar-refractivity contribution in [2.24, 2.45) is 0 Å². The number of nitrogens with two attached hydrogens (primary N) is 1. The van der Waals surface area contributed by atoms with Gasteiger partial charge in [-0.2, -0.15) is 4.68 Å². The summed E-state index contributed by atoms with van der Waals surface area (Å²) >= 11 is 6.10. The normalized spacial score (nSPS) is 19.7. The van der Waals surface area contributed by atoms with Gasteiger partial charge in [0.25, 0.3) is 0 Å². The molecule has 1 amide bonds. The zero-order valence-electron chi connectivity index (χ0n) is 18.4. The van der Waals surface area contributed by atoms with Crippen molar-refractivity contribution in [1.29, 1.82) is 0 Å². The number of halogens is 2. The molecule has 2 aliphatic rings. The fourth-order valence-electron chi connectivity index (χ4n) is 5.08. The second-order valence-electron chi connectivity index (χ2n) is 8.63. The number of nitrogens with zero attached hydrogens (tertiary/aromatic N) is 6. The Balaban J connectivity index is 1.34. The molecule has 2 aromatic carbocycles. The van der Waals surface area contributed by atoms with E-state index in [1.807, 2.05) is 35.4 Å². The zero-order chi connectivity index (χ0) is 24.1. The van der Waals surface area contributed by atoms with Gasteiger partial charge in [0, 0.05) is 35.1 Å². The molecule has 1 saturated heterocycles. The van der Waals surface area contributed by atoms with Crippen LogP contribution in [-0.2, 0) is 4.79 Å². The first-order valence-corrected chi connectivity index (χ1v) is 11.5. The number of nitrogen functional groups attached to an aromatic ring is 1. The summed E-state index contributed by atoms with van der Waals surface area (Å²) in [6, 6.07) is 10.3. The second kappa shape index (κ2) is 8.31. The quantitative estimate of drug-likeness (QED) is 0.418. The topological polar surface area (TPSA) is 119 Å². The molecule has 4 heterocycles. The van der Waals surface area contributed by atoms with E-state index in [0.29, 0.717) is 29.2 Å². The molecule has 0 saturated carbocycles. The molecule has 1 unspecified atom stereocenters. The van der Waals surface area contributed by atoms with Crippen LogP contribution in [0.4, 0.5) is 10.1 Å². The number of anilines is 1. The molecule has 9 nitrogen and oxygen atoms in total. The molecular formula is C24H20ClFN8O. The van der Waals surface area contributed by atoms with E-state index in [1.165, 1.54) is 23.2 Å². The second-order valence-corrected chi connectivity index (χ2v) is 9.04. The molecule has 1 fully saturated rings. The van der Waals surface area contributed by atoms with Gasteiger partial charge in [0.15, 0.2) is 5.82 Å². The highest BCUT2D eigenvalue weighted by Crippen LogP contribution is 2.44. The Morgan fingerprint density at radius 3 is 2.83 bits per heavy atom. The fraction of sp³-hybridized carbons (Fsp3) is 0.208. The number of hydrogen-bond acceptors (Lipinski definition) is 6. The SMILES string of the molecule is Nc1ccccc1-c1c[nH]c([C@@H]2CCC3CC(c4c(-n5cnnn5)ccc(Cl)c4F)=CC(=O)N32)n1. The Morgan fingerprint density at radius 1 is 1.17 bits per heavy atom. The van der Waals surface area contributed by atoms with E-state index in [1.54, 1.807) is 6.07 Å². The molecule has 2 aliphatic heterocycles. The number of rotatable bonds is 4. The maximum atomic E-state index is 15.2. The van der Waals surface area contributed by atoms with Crippen molar-refractivity contribution in [3.63, 3.8) is 0 Å². The number of amides is 1. The van der Waals surface area contributed by atoms with Crippen molar-refractivity contribution in [2.75, 3.05) is 5.73 Å². The van der Waals surface area contributed by atoms with Crippen molar-refractivity contribution in [1.82, 2.24) is 35.1 Å². The molecule has 3 N–H and O–H groups in total. The molecule has 2 atom stereocenters. The van der Waals surface area contributed by atoms with Crippen LogP contribution in [0.2, 0.25) is 5.02 Å². The minimum Gasteiger partial charge on any atom is -0.398 e. The van der Waals surface area contributed by atoms with Crippen molar-refractivity contribution < 1.29 is 9.18 Å². The van der Waals surface area contributed by atoms with Crippen molar-refractivity contribution >= 4 is 28.8 Å². The van der Waals surface area contributed by atoms with Gasteiger partial charge in [-0.15, -0.1) is 5.10 Å². The van der Waals surface area contributed by atoms with E-state index in [4.69, 9.17) is 22.3 Å². The van der Waals surface area contributed by atoms with E-state index in [2.05, 4.69) is 20.5 Å². The number of nitrogens with one attached hydrogen (secondary N) is 1. The van der Waals surface area contributed by atoms with Crippen LogP contribution in [0.1, 0.15) is 36.7 Å². The molecule has 0 radical (unpaired) electrons. The van der Waals surface area contributed by atoms with Crippen LogP contribution in [0, 0.1) is 5.82 Å². The van der Waals surface area contributed by atoms with Crippen LogP contribution in [0.25, 0.3) is 22.5 Å². The van der Waals surface area contributed by atoms with Gasteiger partial charge >= 0.3 is 0 Å². The molecular weight excluding hydrogens is 471 g/mol. The van der Waals surface area contributed by atoms with Gasteiger partial charge < -0.3 is 15.6 Å². The van der Waals surface area contributed by atoms with Gasteiger partial charge in [-0.25, -0.2) is 9.37 Å². The predicted molar refractivity (Wildman–Crippen MR) is 128 cm³/mol. The average Bonchev–Trinajstić information content (AvgIpc) is 3.61. The average molecular weight is 491 g/mol. The van der Waals surface area contributed by atoms with E-state index < -0.39 is 5.82 Å². The lowest BCUT2D eigenvalue weighted by atomic mass is 9.92. The lowest BCUT2D eigenvalue weighted by Crippen LogP contribution is -2.39. The molecule has 11 heteroatoms. The molecule has 2 aromatic heterocycles. The number of aromatic nitrogens is 6. The Bertz CT molecular complexity index is 1460. The third-order valence-corrected chi connectivity index (χ3v) is 6.94. The number of fused-ring (bicyclic) bond motifs is 1. The van der Waals surface area contributed by atoms with Crippen molar-refractivity contribution in [2.45, 2.75) is 31.3 Å². The van der Waals surface area contributed by atoms with Gasteiger partial charge in [-0.05, 0) is 53.5 Å². The van der Waals surface area contributed by atoms with Crippen LogP contribution >= 0.6 is 11.6 Å². The number of aromatic amines is 1. The van der Waals surface area contributed by atoms with E-state index in [0.717, 1.165) is 24.1 Å². The summed E-state index contributed by atoms with van der Waals surface area (Å²) in [7, 11) is 0. The number of imidazole rings is 1. The molecule has 35 heavy (non-hydrogen) atoms. The molecule has 176 valence electrons. The third-order valence-electron chi connectivity index (χ3n) is 6.65. The summed E-state index contributed by atoms with van der Waals surface area (Å²) in [5.74, 6) is -0.0879. The van der Waals surface area contributed by atoms with Gasteiger partial charge in [-0.3, -0.25) is 4.79 Å². The van der Waals surface area contributed by atoms with Crippen LogP contribution in [0.5, 0.6) is 0 Å². The lowest BCUT2D eigenvalue weighted by molar-refractivity contribution is -0.129. The standard InChI is InChI=1S/C24H20ClFN8O/c25-16-6-8-19(33-12-29-31-32-33)22(23(16)26)13-9-14-5-7-20(34(14)21(35)10-13)24-28-11-18(30-24)15-3-1-2-4-17(15)27/h1-4,6,8,10-12,14,20H,5,7,9,27H2,(H,28,30)/t14?,20-/m0/s1. The molecule has 4 aromatic rings. The van der Waals surface area contributed by atoms with E-state index in [-0.39, 0.29) is 28.6 Å². The molecule has 0 aliphatic carbocycles. The predicted octanol–water partition coefficient (Wildman–Crippen LogP) is 3.95. The highest BCUT2D eigenvalue weighted by atomic mass is 35.5. The maximum Gasteiger partial charge on any atom is 0.247 e. The van der Waals surface area contributed by atoms with Gasteiger partial charge in [0.1, 0.15) is 12.2 Å². The number of carbonyl (C=O) groups is 1. The minimum atomic E-state index is -0.599. The van der Waals surface area contributed by atoms with Gasteiger partial charge in [0.2, 0.25) is 5.91 Å². The van der Waals surface area contributed by atoms with Crippen LogP contribution < -0.4 is 5.73 Å². The van der Waals surface area contributed by atoms with E-state index in [9.17, 15) is 4.79 Å². The largest absolute Gasteiger partial charge is 0.398 e. The summed E-state index contributed by atoms with van der Waals surface area (Å²) in [5.41, 5.74) is 9.54. The number of carbonyl (C=O) groups excluding carboxylic acids is 1. The first kappa shape index (κ1) is 21.5. The summed E-state index contributed by atoms with van der Waals surface area (Å²) in [6.07, 6.45) is 6.66. The Labute approximate surface area is 204 Å². The van der Waals surface area contributed by atoms with E-state index >= 15 is 4.39 Å². The highest BCUT2D eigenvalue weighted by molar-refractivity contribution is 6.31. The van der Waals surface area contributed by atoms with Crippen molar-refractivity contribution in [3.8, 4) is 16.9 Å².